The highest BCUT2D eigenvalue weighted by molar-refractivity contribution is 5.24. The molecule has 0 unspecified atom stereocenters. The molecule has 0 amide bonds. The zero-order valence-electron chi connectivity index (χ0n) is 7.29. The van der Waals surface area contributed by atoms with Gasteiger partial charge in [0.15, 0.2) is 0 Å². The maximum atomic E-state index is 7.18. The molecule has 0 fully saturated rings. The van der Waals surface area contributed by atoms with Gasteiger partial charge in [0.2, 0.25) is 5.95 Å². The van der Waals surface area contributed by atoms with Gasteiger partial charge in [0.25, 0.3) is 0 Å². The van der Waals surface area contributed by atoms with E-state index in [0.717, 1.165) is 0 Å². The third-order valence-electron chi connectivity index (χ3n) is 1.02. The highest BCUT2D eigenvalue weighted by Crippen LogP contribution is 1.98. The molecule has 1 heterocycles. The quantitative estimate of drug-likeness (QED) is 0.560. The van der Waals surface area contributed by atoms with E-state index in [1.165, 1.54) is 0 Å². The minimum atomic E-state index is 0.0150. The molecule has 0 saturated carbocycles. The van der Waals surface area contributed by atoms with Crippen LogP contribution in [0.25, 0.3) is 0 Å². The molecule has 0 N–H and O–H groups in total. The van der Waals surface area contributed by atoms with Crippen molar-refractivity contribution >= 4 is 5.95 Å². The van der Waals surface area contributed by atoms with E-state index in [2.05, 4.69) is 15.0 Å². The first kappa shape index (κ1) is 5.58. The first-order valence-electron chi connectivity index (χ1n) is 3.46. The van der Waals surface area contributed by atoms with Gasteiger partial charge in [0, 0.05) is 14.1 Å². The fourth-order valence-corrected chi connectivity index (χ4v) is 0.537. The van der Waals surface area contributed by atoms with Gasteiger partial charge in [-0.05, 0) is 6.92 Å². The Morgan fingerprint density at radius 1 is 1.50 bits per heavy atom. The highest BCUT2D eigenvalue weighted by atomic mass is 15.2. The number of aromatic nitrogens is 3. The van der Waals surface area contributed by atoms with Crippen LogP contribution < -0.4 is 4.90 Å². The first-order chi connectivity index (χ1) is 5.09. The summed E-state index contributed by atoms with van der Waals surface area (Å²) >= 11 is 0. The fraction of sp³-hybridized carbons (Fsp3) is 0.500. The van der Waals surface area contributed by atoms with E-state index in [4.69, 9.17) is 1.37 Å². The van der Waals surface area contributed by atoms with E-state index >= 15 is 0 Å². The number of aryl methyl sites for hydroxylation is 1. The van der Waals surface area contributed by atoms with E-state index in [9.17, 15) is 0 Å². The topological polar surface area (TPSA) is 41.9 Å². The van der Waals surface area contributed by atoms with E-state index < -0.39 is 0 Å². The van der Waals surface area contributed by atoms with Crippen LogP contribution in [0.1, 0.15) is 7.20 Å². The molecule has 0 aromatic carbocycles. The van der Waals surface area contributed by atoms with Gasteiger partial charge in [-0.25, -0.2) is 9.97 Å². The number of hydrogen-bond donors (Lipinski definition) is 0. The van der Waals surface area contributed by atoms with Crippen molar-refractivity contribution in [3.63, 3.8) is 0 Å². The molecule has 1 aromatic heterocycles. The number of hydrogen-bond acceptors (Lipinski definition) is 4. The van der Waals surface area contributed by atoms with Crippen LogP contribution in [-0.2, 0) is 0 Å². The van der Waals surface area contributed by atoms with Crippen molar-refractivity contribution in [2.75, 3.05) is 19.0 Å². The molecule has 54 valence electrons. The zero-order chi connectivity index (χ0) is 8.43. The van der Waals surface area contributed by atoms with Gasteiger partial charge < -0.3 is 4.90 Å². The normalized spacial score (nSPS) is 10.9. The average molecular weight is 140 g/mol. The largest absolute Gasteiger partial charge is 0.347 e. The smallest absolute Gasteiger partial charge is 0.228 e. The van der Waals surface area contributed by atoms with Gasteiger partial charge in [-0.15, -0.1) is 0 Å². The summed E-state index contributed by atoms with van der Waals surface area (Å²) in [6, 6.07) is 0. The van der Waals surface area contributed by atoms with Crippen LogP contribution in [0.4, 0.5) is 5.95 Å². The van der Waals surface area contributed by atoms with Crippen LogP contribution in [0.5, 0.6) is 0 Å². The Labute approximate surface area is 61.3 Å². The molecular weight excluding hydrogens is 128 g/mol. The van der Waals surface area contributed by atoms with Crippen LogP contribution in [0, 0.1) is 6.92 Å². The molecule has 0 spiro atoms. The second kappa shape index (κ2) is 2.60. The number of nitrogens with zero attached hydrogens (tertiary/aromatic N) is 4. The maximum absolute atomic E-state index is 7.18. The van der Waals surface area contributed by atoms with Gasteiger partial charge in [0.1, 0.15) is 13.5 Å². The molecule has 0 bridgehead atoms. The van der Waals surface area contributed by atoms with Crippen LogP contribution in [0.3, 0.4) is 0 Å². The van der Waals surface area contributed by atoms with Crippen LogP contribution >= 0.6 is 0 Å². The summed E-state index contributed by atoms with van der Waals surface area (Å²) in [4.78, 5) is 13.3. The van der Waals surface area contributed by atoms with E-state index in [1.807, 2.05) is 14.1 Å². The molecule has 1 rings (SSSR count). The third-order valence-corrected chi connectivity index (χ3v) is 1.02. The number of rotatable bonds is 1. The third kappa shape index (κ3) is 1.40. The fourth-order valence-electron chi connectivity index (χ4n) is 0.537. The lowest BCUT2D eigenvalue weighted by Gasteiger charge is -2.08. The molecule has 0 aliphatic carbocycles. The van der Waals surface area contributed by atoms with Crippen LogP contribution in [0.2, 0.25) is 0 Å². The van der Waals surface area contributed by atoms with Crippen LogP contribution in [-0.4, -0.2) is 29.0 Å². The summed E-state index contributed by atoms with van der Waals surface area (Å²) in [6.07, 6.45) is 0.0150. The average Bonchev–Trinajstić information content (AvgIpc) is 1.85. The molecule has 1 aromatic rings. The standard InChI is InChI=1S/C6H10N4/c1-5-7-4-8-6(9-5)10(2)3/h4H,1-3H3/i4T. The van der Waals surface area contributed by atoms with E-state index in [0.29, 0.717) is 11.8 Å². The summed E-state index contributed by atoms with van der Waals surface area (Å²) in [5, 5.41) is 0. The Balaban J connectivity index is 3.08. The SMILES string of the molecule is [3H]c1nc(C)nc(N(C)C)n1. The van der Waals surface area contributed by atoms with Crippen molar-refractivity contribution in [1.82, 2.24) is 15.0 Å². The van der Waals surface area contributed by atoms with Crippen molar-refractivity contribution in [2.24, 2.45) is 0 Å². The molecule has 0 aliphatic heterocycles. The van der Waals surface area contributed by atoms with Gasteiger partial charge >= 0.3 is 0 Å². The van der Waals surface area contributed by atoms with Crippen molar-refractivity contribution in [3.05, 3.63) is 12.1 Å². The van der Waals surface area contributed by atoms with Crippen molar-refractivity contribution in [3.8, 4) is 0 Å². The predicted molar refractivity (Wildman–Crippen MR) is 38.9 cm³/mol. The molecule has 4 nitrogen and oxygen atoms in total. The van der Waals surface area contributed by atoms with Gasteiger partial charge in [-0.1, -0.05) is 0 Å². The Morgan fingerprint density at radius 3 is 2.70 bits per heavy atom. The molecule has 0 aliphatic rings. The first-order valence-corrected chi connectivity index (χ1v) is 2.96. The van der Waals surface area contributed by atoms with E-state index in [-0.39, 0.29) is 6.30 Å². The Hall–Kier alpha value is -1.19. The summed E-state index contributed by atoms with van der Waals surface area (Å²) < 4.78 is 7.18. The van der Waals surface area contributed by atoms with E-state index in [1.54, 1.807) is 11.8 Å². The monoisotopic (exact) mass is 140 g/mol. The van der Waals surface area contributed by atoms with Gasteiger partial charge in [-0.2, -0.15) is 4.98 Å². The lowest BCUT2D eigenvalue weighted by atomic mass is 10.7. The second-order valence-corrected chi connectivity index (χ2v) is 2.18. The Morgan fingerprint density at radius 2 is 2.20 bits per heavy atom. The summed E-state index contributed by atoms with van der Waals surface area (Å²) in [7, 11) is 3.66. The second-order valence-electron chi connectivity index (χ2n) is 2.18. The summed E-state index contributed by atoms with van der Waals surface area (Å²) in [5.41, 5.74) is 0. The summed E-state index contributed by atoms with van der Waals surface area (Å²) in [6.45, 7) is 1.74. The molecule has 0 saturated heterocycles. The minimum absolute atomic E-state index is 0.0150. The maximum Gasteiger partial charge on any atom is 0.228 e. The lowest BCUT2D eigenvalue weighted by molar-refractivity contribution is 0.916. The van der Waals surface area contributed by atoms with Crippen molar-refractivity contribution < 1.29 is 1.37 Å². The zero-order valence-corrected chi connectivity index (χ0v) is 6.29. The van der Waals surface area contributed by atoms with Crippen molar-refractivity contribution in [2.45, 2.75) is 6.92 Å². The lowest BCUT2D eigenvalue weighted by Crippen LogP contribution is -2.13. The van der Waals surface area contributed by atoms with Crippen molar-refractivity contribution in [1.29, 1.82) is 0 Å². The molecule has 0 radical (unpaired) electrons. The Bertz CT molecular complexity index is 241. The van der Waals surface area contributed by atoms with Gasteiger partial charge in [0.05, 0.1) is 0 Å². The molecule has 4 heteroatoms. The molecule has 10 heavy (non-hydrogen) atoms. The molecular formula is C6H10N4. The number of anilines is 1. The van der Waals surface area contributed by atoms with Gasteiger partial charge in [-0.3, -0.25) is 0 Å². The molecule has 0 atom stereocenters. The predicted octanol–water partition coefficient (Wildman–Crippen LogP) is 0.246. The Kier molecular flexibility index (Phi) is 1.45. The highest BCUT2D eigenvalue weighted by Gasteiger charge is 1.96. The summed E-state index contributed by atoms with van der Waals surface area (Å²) in [5.74, 6) is 1.11. The minimum Gasteiger partial charge on any atom is -0.347 e. The van der Waals surface area contributed by atoms with Crippen LogP contribution in [0.15, 0.2) is 6.30 Å².